The molecule has 0 saturated carbocycles. The molecule has 0 spiro atoms. The van der Waals surface area contributed by atoms with Crippen LogP contribution in [0.15, 0.2) is 60.9 Å². The van der Waals surface area contributed by atoms with Gasteiger partial charge in [0, 0.05) is 23.0 Å². The highest BCUT2D eigenvalue weighted by Gasteiger charge is 2.24. The maximum Gasteiger partial charge on any atom is 0.202 e. The summed E-state index contributed by atoms with van der Waals surface area (Å²) in [6.07, 6.45) is 1.36. The number of nitrogens with zero attached hydrogens (tertiary/aromatic N) is 5. The highest BCUT2D eigenvalue weighted by atomic mass is 16.6. The molecule has 168 valence electrons. The number of aryl methyl sites for hydroxylation is 1. The van der Waals surface area contributed by atoms with E-state index < -0.39 is 0 Å². The van der Waals surface area contributed by atoms with Gasteiger partial charge in [0.05, 0.1) is 12.2 Å². The number of rotatable bonds is 7. The number of carbonyl (C=O) groups is 1. The molecule has 33 heavy (non-hydrogen) atoms. The summed E-state index contributed by atoms with van der Waals surface area (Å²) in [7, 11) is 0. The highest BCUT2D eigenvalue weighted by molar-refractivity contribution is 5.98. The Hall–Kier alpha value is -4.14. The van der Waals surface area contributed by atoms with Crippen LogP contribution in [0.25, 0.3) is 5.69 Å². The molecule has 2 aromatic heterocycles. The number of tetrazole rings is 1. The number of hydrogen-bond donors (Lipinski definition) is 0. The van der Waals surface area contributed by atoms with E-state index in [2.05, 4.69) is 20.1 Å². The maximum absolute atomic E-state index is 12.9. The third kappa shape index (κ3) is 4.30. The first-order valence-corrected chi connectivity index (χ1v) is 10.6. The van der Waals surface area contributed by atoms with Crippen molar-refractivity contribution in [3.63, 3.8) is 0 Å². The Bertz CT molecular complexity index is 1280. The lowest BCUT2D eigenvalue weighted by Gasteiger charge is -2.27. The monoisotopic (exact) mass is 445 g/mol. The first-order valence-electron chi connectivity index (χ1n) is 10.6. The molecule has 1 atom stereocenters. The van der Waals surface area contributed by atoms with Crippen LogP contribution >= 0.6 is 0 Å². The van der Waals surface area contributed by atoms with Crippen LogP contribution in [-0.4, -0.2) is 49.9 Å². The molecule has 0 N–H and O–H groups in total. The van der Waals surface area contributed by atoms with Gasteiger partial charge in [-0.15, -0.1) is 5.10 Å². The minimum atomic E-state index is -0.141. The molecule has 0 bridgehead atoms. The molecule has 0 saturated heterocycles. The Kier molecular flexibility index (Phi) is 5.52. The van der Waals surface area contributed by atoms with Gasteiger partial charge < -0.3 is 18.8 Å². The van der Waals surface area contributed by atoms with E-state index in [-0.39, 0.29) is 18.5 Å². The smallest absolute Gasteiger partial charge is 0.202 e. The fourth-order valence-corrected chi connectivity index (χ4v) is 3.94. The second kappa shape index (κ2) is 8.78. The Morgan fingerprint density at radius 2 is 1.97 bits per heavy atom. The van der Waals surface area contributed by atoms with Gasteiger partial charge in [0.1, 0.15) is 18.7 Å². The Morgan fingerprint density at radius 1 is 1.12 bits per heavy atom. The molecule has 5 rings (SSSR count). The van der Waals surface area contributed by atoms with Gasteiger partial charge in [-0.2, -0.15) is 0 Å². The summed E-state index contributed by atoms with van der Waals surface area (Å²) in [5, 5.41) is 11.1. The lowest BCUT2D eigenvalue weighted by Crippen LogP contribution is -2.33. The molecule has 0 aliphatic carbocycles. The second-order valence-corrected chi connectivity index (χ2v) is 7.86. The minimum absolute atomic E-state index is 0.0697. The SMILES string of the molecule is Cc1cc(C(=O)COc2cccc(-n3cnnn3)c2)c(C)n1CC1COc2ccccc2O1. The summed E-state index contributed by atoms with van der Waals surface area (Å²) in [4.78, 5) is 12.9. The average molecular weight is 445 g/mol. The predicted molar refractivity (Wildman–Crippen MR) is 119 cm³/mol. The van der Waals surface area contributed by atoms with Gasteiger partial charge in [-0.05, 0) is 54.6 Å². The van der Waals surface area contributed by atoms with Gasteiger partial charge in [-0.1, -0.05) is 18.2 Å². The third-order valence-corrected chi connectivity index (χ3v) is 5.63. The fourth-order valence-electron chi connectivity index (χ4n) is 3.94. The molecule has 9 heteroatoms. The summed E-state index contributed by atoms with van der Waals surface area (Å²) in [5.74, 6) is 1.97. The van der Waals surface area contributed by atoms with E-state index in [1.54, 1.807) is 12.1 Å². The first kappa shape index (κ1) is 20.7. The largest absolute Gasteiger partial charge is 0.486 e. The zero-order valence-electron chi connectivity index (χ0n) is 18.3. The van der Waals surface area contributed by atoms with Crippen molar-refractivity contribution in [3.8, 4) is 22.9 Å². The number of carbonyl (C=O) groups excluding carboxylic acids is 1. The van der Waals surface area contributed by atoms with Crippen LogP contribution in [0, 0.1) is 13.8 Å². The molecule has 0 amide bonds. The van der Waals surface area contributed by atoms with Crippen molar-refractivity contribution in [1.82, 2.24) is 24.8 Å². The van der Waals surface area contributed by atoms with E-state index in [0.29, 0.717) is 24.5 Å². The highest BCUT2D eigenvalue weighted by Crippen LogP contribution is 2.31. The van der Waals surface area contributed by atoms with Crippen LogP contribution in [0.4, 0.5) is 0 Å². The van der Waals surface area contributed by atoms with E-state index in [4.69, 9.17) is 14.2 Å². The molecule has 3 heterocycles. The van der Waals surface area contributed by atoms with Crippen LogP contribution < -0.4 is 14.2 Å². The molecule has 9 nitrogen and oxygen atoms in total. The van der Waals surface area contributed by atoms with Crippen LogP contribution in [0.5, 0.6) is 17.2 Å². The molecule has 1 aliphatic heterocycles. The van der Waals surface area contributed by atoms with Crippen molar-refractivity contribution in [2.45, 2.75) is 26.5 Å². The van der Waals surface area contributed by atoms with Gasteiger partial charge >= 0.3 is 0 Å². The van der Waals surface area contributed by atoms with E-state index in [9.17, 15) is 4.79 Å². The van der Waals surface area contributed by atoms with E-state index in [0.717, 1.165) is 28.6 Å². The van der Waals surface area contributed by atoms with Crippen molar-refractivity contribution in [1.29, 1.82) is 0 Å². The zero-order valence-corrected chi connectivity index (χ0v) is 18.3. The van der Waals surface area contributed by atoms with Crippen LogP contribution in [-0.2, 0) is 6.54 Å². The van der Waals surface area contributed by atoms with Crippen LogP contribution in [0.3, 0.4) is 0 Å². The van der Waals surface area contributed by atoms with Gasteiger partial charge in [0.25, 0.3) is 0 Å². The van der Waals surface area contributed by atoms with Crippen molar-refractivity contribution < 1.29 is 19.0 Å². The second-order valence-electron chi connectivity index (χ2n) is 7.86. The number of Topliss-reactive ketones (excluding diaryl/α,β-unsaturated/α-hetero) is 1. The predicted octanol–water partition coefficient (Wildman–Crippen LogP) is 3.18. The number of aromatic nitrogens is 5. The molecule has 4 aromatic rings. The van der Waals surface area contributed by atoms with E-state index >= 15 is 0 Å². The van der Waals surface area contributed by atoms with Gasteiger partial charge in [-0.3, -0.25) is 4.79 Å². The van der Waals surface area contributed by atoms with Crippen molar-refractivity contribution in [3.05, 3.63) is 77.9 Å². The van der Waals surface area contributed by atoms with Gasteiger partial charge in [0.15, 0.2) is 24.2 Å². The van der Waals surface area contributed by atoms with Crippen LogP contribution in [0.1, 0.15) is 21.7 Å². The lowest BCUT2D eigenvalue weighted by molar-refractivity contribution is 0.0777. The number of hydrogen-bond acceptors (Lipinski definition) is 7. The first-order chi connectivity index (χ1) is 16.1. The summed E-state index contributed by atoms with van der Waals surface area (Å²) >= 11 is 0. The average Bonchev–Trinajstić information content (AvgIpc) is 3.47. The summed E-state index contributed by atoms with van der Waals surface area (Å²) in [6.45, 7) is 4.90. The number of benzene rings is 2. The third-order valence-electron chi connectivity index (χ3n) is 5.63. The Labute approximate surface area is 190 Å². The maximum atomic E-state index is 12.9. The number of fused-ring (bicyclic) bond motifs is 1. The topological polar surface area (TPSA) is 93.3 Å². The standard InChI is InChI=1S/C24H23N5O4/c1-16-10-21(17(2)28(16)12-20-13-32-23-8-3-4-9-24(23)33-20)22(30)14-31-19-7-5-6-18(11-19)29-15-25-26-27-29/h3-11,15,20H,12-14H2,1-2H3. The number of ether oxygens (including phenoxy) is 3. The minimum Gasteiger partial charge on any atom is -0.486 e. The molecule has 1 aliphatic rings. The van der Waals surface area contributed by atoms with E-state index in [1.165, 1.54) is 11.0 Å². The summed E-state index contributed by atoms with van der Waals surface area (Å²) < 4.78 is 21.3. The van der Waals surface area contributed by atoms with Crippen LogP contribution in [0.2, 0.25) is 0 Å². The fraction of sp³-hybridized carbons (Fsp3) is 0.250. The van der Waals surface area contributed by atoms with Crippen molar-refractivity contribution in [2.24, 2.45) is 0 Å². The normalized spacial score (nSPS) is 14.8. The molecule has 0 fully saturated rings. The molecular formula is C24H23N5O4. The zero-order chi connectivity index (χ0) is 22.8. The van der Waals surface area contributed by atoms with Crippen molar-refractivity contribution in [2.75, 3.05) is 13.2 Å². The van der Waals surface area contributed by atoms with E-state index in [1.807, 2.05) is 56.3 Å². The summed E-state index contributed by atoms with van der Waals surface area (Å²) in [5.41, 5.74) is 3.26. The molecule has 0 radical (unpaired) electrons. The number of para-hydroxylation sites is 2. The van der Waals surface area contributed by atoms with Gasteiger partial charge in [-0.25, -0.2) is 4.68 Å². The molecular weight excluding hydrogens is 422 g/mol. The number of ketones is 1. The molecule has 2 aromatic carbocycles. The van der Waals surface area contributed by atoms with Crippen molar-refractivity contribution >= 4 is 5.78 Å². The molecule has 1 unspecified atom stereocenters. The quantitative estimate of drug-likeness (QED) is 0.403. The Morgan fingerprint density at radius 3 is 2.79 bits per heavy atom. The van der Waals surface area contributed by atoms with Gasteiger partial charge in [0.2, 0.25) is 5.78 Å². The summed E-state index contributed by atoms with van der Waals surface area (Å²) in [6, 6.07) is 16.8. The lowest BCUT2D eigenvalue weighted by atomic mass is 10.1. The Balaban J connectivity index is 1.25.